The molecule has 0 fully saturated rings. The van der Waals surface area contributed by atoms with Crippen LogP contribution in [-0.2, 0) is 12.0 Å². The largest absolute Gasteiger partial charge is 0.497 e. The highest BCUT2D eigenvalue weighted by molar-refractivity contribution is 14.1. The van der Waals surface area contributed by atoms with E-state index in [1.54, 1.807) is 7.11 Å². The molecule has 2 aromatic rings. The highest BCUT2D eigenvalue weighted by Crippen LogP contribution is 2.27. The minimum absolute atomic E-state index is 0.594. The third kappa shape index (κ3) is 3.70. The summed E-state index contributed by atoms with van der Waals surface area (Å²) in [7, 11) is 1.64. The predicted octanol–water partition coefficient (Wildman–Crippen LogP) is 3.75. The van der Waals surface area contributed by atoms with Crippen molar-refractivity contribution in [2.45, 2.75) is 18.9 Å². The first kappa shape index (κ1) is 14.3. The van der Waals surface area contributed by atoms with Gasteiger partial charge in [0.2, 0.25) is 0 Å². The molecule has 2 rings (SSSR count). The van der Waals surface area contributed by atoms with E-state index in [2.05, 4.69) is 46.9 Å². The van der Waals surface area contributed by atoms with Gasteiger partial charge in [0.15, 0.2) is 0 Å². The molecule has 0 amide bonds. The number of hydrogen-bond acceptors (Lipinski definition) is 2. The maximum Gasteiger partial charge on any atom is 0.118 e. The zero-order valence-electron chi connectivity index (χ0n) is 11.1. The van der Waals surface area contributed by atoms with Gasteiger partial charge in [-0.3, -0.25) is 0 Å². The molecule has 3 heteroatoms. The Morgan fingerprint density at radius 1 is 1.05 bits per heavy atom. The van der Waals surface area contributed by atoms with Gasteiger partial charge in [-0.25, -0.2) is 0 Å². The number of aliphatic hydroxyl groups is 1. The summed E-state index contributed by atoms with van der Waals surface area (Å²) in [5.74, 6) is 0.800. The van der Waals surface area contributed by atoms with E-state index in [0.717, 1.165) is 16.9 Å². The van der Waals surface area contributed by atoms with E-state index in [-0.39, 0.29) is 0 Å². The molecule has 0 saturated heterocycles. The summed E-state index contributed by atoms with van der Waals surface area (Å²) >= 11 is 2.28. The number of rotatable bonds is 4. The summed E-state index contributed by atoms with van der Waals surface area (Å²) in [5.41, 5.74) is 1.15. The van der Waals surface area contributed by atoms with E-state index in [0.29, 0.717) is 6.42 Å². The fourth-order valence-corrected chi connectivity index (χ4v) is 2.41. The molecule has 1 N–H and O–H groups in total. The molecule has 0 aliphatic rings. The van der Waals surface area contributed by atoms with Gasteiger partial charge in [0, 0.05) is 9.99 Å². The second kappa shape index (κ2) is 5.92. The molecule has 1 unspecified atom stereocenters. The van der Waals surface area contributed by atoms with Crippen molar-refractivity contribution in [3.05, 3.63) is 63.2 Å². The van der Waals surface area contributed by atoms with Gasteiger partial charge in [-0.05, 0) is 64.9 Å². The third-order valence-corrected chi connectivity index (χ3v) is 3.89. The molecular weight excluding hydrogens is 351 g/mol. The van der Waals surface area contributed by atoms with Crippen LogP contribution >= 0.6 is 22.6 Å². The second-order valence-electron chi connectivity index (χ2n) is 4.81. The quantitative estimate of drug-likeness (QED) is 0.833. The summed E-state index contributed by atoms with van der Waals surface area (Å²) in [4.78, 5) is 0. The van der Waals surface area contributed by atoms with Crippen molar-refractivity contribution in [3.63, 3.8) is 0 Å². The van der Waals surface area contributed by atoms with E-state index >= 15 is 0 Å². The average molecular weight is 368 g/mol. The van der Waals surface area contributed by atoms with E-state index in [9.17, 15) is 5.11 Å². The number of benzene rings is 2. The lowest BCUT2D eigenvalue weighted by atomic mass is 9.89. The van der Waals surface area contributed by atoms with Crippen LogP contribution in [0.25, 0.3) is 0 Å². The average Bonchev–Trinajstić information content (AvgIpc) is 2.41. The molecular formula is C16H17IO2. The zero-order chi connectivity index (χ0) is 13.9. The SMILES string of the molecule is COc1ccc(C(C)(O)Cc2ccc(I)cc2)cc1. The molecule has 0 spiro atoms. The lowest BCUT2D eigenvalue weighted by molar-refractivity contribution is 0.0576. The number of halogens is 1. The molecule has 0 aliphatic heterocycles. The van der Waals surface area contributed by atoms with Crippen LogP contribution < -0.4 is 4.74 Å². The Bertz CT molecular complexity index is 530. The van der Waals surface area contributed by atoms with Crippen molar-refractivity contribution >= 4 is 22.6 Å². The van der Waals surface area contributed by atoms with E-state index in [1.807, 2.05) is 31.2 Å². The fourth-order valence-electron chi connectivity index (χ4n) is 2.05. The molecule has 1 atom stereocenters. The molecule has 0 aliphatic carbocycles. The van der Waals surface area contributed by atoms with Crippen LogP contribution in [0.4, 0.5) is 0 Å². The lowest BCUT2D eigenvalue weighted by Crippen LogP contribution is -2.24. The van der Waals surface area contributed by atoms with Crippen molar-refractivity contribution in [3.8, 4) is 5.75 Å². The number of ether oxygens (including phenoxy) is 1. The topological polar surface area (TPSA) is 29.5 Å². The van der Waals surface area contributed by atoms with Gasteiger partial charge in [-0.1, -0.05) is 24.3 Å². The fraction of sp³-hybridized carbons (Fsp3) is 0.250. The molecule has 0 bridgehead atoms. The Kier molecular flexibility index (Phi) is 4.47. The van der Waals surface area contributed by atoms with Crippen LogP contribution in [0.1, 0.15) is 18.1 Å². The van der Waals surface area contributed by atoms with Gasteiger partial charge in [-0.2, -0.15) is 0 Å². The van der Waals surface area contributed by atoms with Crippen LogP contribution in [0.15, 0.2) is 48.5 Å². The van der Waals surface area contributed by atoms with Crippen molar-refractivity contribution in [1.82, 2.24) is 0 Å². The molecule has 2 nitrogen and oxygen atoms in total. The molecule has 0 aromatic heterocycles. The van der Waals surface area contributed by atoms with E-state index in [1.165, 1.54) is 3.57 Å². The Morgan fingerprint density at radius 2 is 1.63 bits per heavy atom. The third-order valence-electron chi connectivity index (χ3n) is 3.17. The van der Waals surface area contributed by atoms with Crippen molar-refractivity contribution in [2.24, 2.45) is 0 Å². The summed E-state index contributed by atoms with van der Waals surface area (Å²) < 4.78 is 6.33. The van der Waals surface area contributed by atoms with Crippen molar-refractivity contribution < 1.29 is 9.84 Å². The lowest BCUT2D eigenvalue weighted by Gasteiger charge is -2.24. The summed E-state index contributed by atoms with van der Waals surface area (Å²) in [6.07, 6.45) is 0.594. The highest BCUT2D eigenvalue weighted by atomic mass is 127. The number of methoxy groups -OCH3 is 1. The first-order chi connectivity index (χ1) is 9.01. The van der Waals surface area contributed by atoms with Gasteiger partial charge in [0.25, 0.3) is 0 Å². The van der Waals surface area contributed by atoms with Gasteiger partial charge >= 0.3 is 0 Å². The van der Waals surface area contributed by atoms with Crippen molar-refractivity contribution in [2.75, 3.05) is 7.11 Å². The molecule has 0 heterocycles. The molecule has 0 saturated carbocycles. The zero-order valence-corrected chi connectivity index (χ0v) is 13.2. The van der Waals surface area contributed by atoms with Crippen molar-refractivity contribution in [1.29, 1.82) is 0 Å². The first-order valence-electron chi connectivity index (χ1n) is 6.12. The maximum absolute atomic E-state index is 10.6. The maximum atomic E-state index is 10.6. The van der Waals surface area contributed by atoms with Gasteiger partial charge < -0.3 is 9.84 Å². The van der Waals surface area contributed by atoms with Gasteiger partial charge in [0.1, 0.15) is 5.75 Å². The first-order valence-corrected chi connectivity index (χ1v) is 7.20. The minimum atomic E-state index is -0.876. The molecule has 100 valence electrons. The van der Waals surface area contributed by atoms with Crippen LogP contribution in [-0.4, -0.2) is 12.2 Å². The number of hydrogen-bond donors (Lipinski definition) is 1. The minimum Gasteiger partial charge on any atom is -0.497 e. The van der Waals surface area contributed by atoms with Crippen LogP contribution in [0.3, 0.4) is 0 Å². The smallest absolute Gasteiger partial charge is 0.118 e. The Hall–Kier alpha value is -1.07. The van der Waals surface area contributed by atoms with E-state index < -0.39 is 5.60 Å². The normalized spacial score (nSPS) is 13.9. The Balaban J connectivity index is 2.18. The van der Waals surface area contributed by atoms with Gasteiger partial charge in [-0.15, -0.1) is 0 Å². The summed E-state index contributed by atoms with van der Waals surface area (Å²) in [5, 5.41) is 10.6. The molecule has 0 radical (unpaired) electrons. The molecule has 19 heavy (non-hydrogen) atoms. The van der Waals surface area contributed by atoms with E-state index in [4.69, 9.17) is 4.74 Å². The molecule has 2 aromatic carbocycles. The standard InChI is InChI=1S/C16H17IO2/c1-16(18,11-12-3-7-14(17)8-4-12)13-5-9-15(19-2)10-6-13/h3-10,18H,11H2,1-2H3. The van der Waals surface area contributed by atoms with Gasteiger partial charge in [0.05, 0.1) is 12.7 Å². The van der Waals surface area contributed by atoms with Crippen LogP contribution in [0.2, 0.25) is 0 Å². The van der Waals surface area contributed by atoms with Crippen LogP contribution in [0, 0.1) is 3.57 Å². The Morgan fingerprint density at radius 3 is 2.16 bits per heavy atom. The summed E-state index contributed by atoms with van der Waals surface area (Å²) in [6.45, 7) is 1.84. The highest BCUT2D eigenvalue weighted by Gasteiger charge is 2.23. The Labute approximate surface area is 127 Å². The monoisotopic (exact) mass is 368 g/mol. The summed E-state index contributed by atoms with van der Waals surface area (Å²) in [6, 6.07) is 15.8. The van der Waals surface area contributed by atoms with Crippen LogP contribution in [0.5, 0.6) is 5.75 Å². The second-order valence-corrected chi connectivity index (χ2v) is 6.05. The predicted molar refractivity (Wildman–Crippen MR) is 85.4 cm³/mol.